The highest BCUT2D eigenvalue weighted by Crippen LogP contribution is 2.47. The second kappa shape index (κ2) is 7.65. The van der Waals surface area contributed by atoms with E-state index in [4.69, 9.17) is 19.6 Å². The summed E-state index contributed by atoms with van der Waals surface area (Å²) in [5, 5.41) is 18.1. The first-order chi connectivity index (χ1) is 15.8. The predicted octanol–water partition coefficient (Wildman–Crippen LogP) is 4.33. The fourth-order valence-corrected chi connectivity index (χ4v) is 4.72. The largest absolute Gasteiger partial charge is 0.508 e. The van der Waals surface area contributed by atoms with Crippen LogP contribution >= 0.6 is 0 Å². The molecule has 170 valence electrons. The van der Waals surface area contributed by atoms with Crippen LogP contribution in [0, 0.1) is 5.41 Å². The molecule has 8 nitrogen and oxygen atoms in total. The maximum absolute atomic E-state index is 13.4. The Hall–Kier alpha value is -3.81. The van der Waals surface area contributed by atoms with E-state index < -0.39 is 6.04 Å². The lowest BCUT2D eigenvalue weighted by atomic mass is 9.73. The fraction of sp³-hybridized carbons (Fsp3) is 0.320. The Labute approximate surface area is 191 Å². The van der Waals surface area contributed by atoms with Gasteiger partial charge in [-0.2, -0.15) is 4.98 Å². The Kier molecular flexibility index (Phi) is 4.88. The van der Waals surface area contributed by atoms with Crippen molar-refractivity contribution in [2.45, 2.75) is 32.7 Å². The van der Waals surface area contributed by atoms with Crippen molar-refractivity contribution < 1.29 is 19.4 Å². The van der Waals surface area contributed by atoms with E-state index in [1.165, 1.54) is 0 Å². The Morgan fingerprint density at radius 2 is 1.94 bits per heavy atom. The van der Waals surface area contributed by atoms with Crippen molar-refractivity contribution in [3.63, 3.8) is 0 Å². The number of benzene rings is 2. The number of phenols is 1. The highest BCUT2D eigenvalue weighted by molar-refractivity contribution is 6.00. The molecule has 1 unspecified atom stereocenters. The van der Waals surface area contributed by atoms with Gasteiger partial charge in [0.1, 0.15) is 23.3 Å². The molecule has 0 fully saturated rings. The molecule has 33 heavy (non-hydrogen) atoms. The average Bonchev–Trinajstić information content (AvgIpc) is 3.20. The van der Waals surface area contributed by atoms with Gasteiger partial charge >= 0.3 is 0 Å². The maximum atomic E-state index is 13.4. The molecule has 1 aliphatic carbocycles. The number of hydrogen-bond donors (Lipinski definition) is 2. The summed E-state index contributed by atoms with van der Waals surface area (Å²) >= 11 is 0. The number of phenolic OH excluding ortho intramolecular Hbond substituents is 1. The lowest BCUT2D eigenvalue weighted by Crippen LogP contribution is -2.36. The molecular weight excluding hydrogens is 420 g/mol. The SMILES string of the molecule is COc1ccc(OC)c(C2C3=C(CC(C)(C)CC3=O)Nc3nc(-c4cccc(O)c4)nn32)c1. The molecule has 0 amide bonds. The van der Waals surface area contributed by atoms with Crippen LogP contribution in [0.25, 0.3) is 11.4 Å². The van der Waals surface area contributed by atoms with Gasteiger partial charge in [0.05, 0.1) is 14.2 Å². The van der Waals surface area contributed by atoms with Crippen molar-refractivity contribution in [1.82, 2.24) is 14.8 Å². The Morgan fingerprint density at radius 3 is 2.67 bits per heavy atom. The molecule has 0 bridgehead atoms. The number of ether oxygens (including phenoxy) is 2. The number of carbonyl (C=O) groups is 1. The van der Waals surface area contributed by atoms with Gasteiger partial charge in [-0.05, 0) is 42.2 Å². The first kappa shape index (κ1) is 21.1. The van der Waals surface area contributed by atoms with Gasteiger partial charge in [-0.1, -0.05) is 26.0 Å². The van der Waals surface area contributed by atoms with Crippen LogP contribution in [0.3, 0.4) is 0 Å². The van der Waals surface area contributed by atoms with Crippen LogP contribution in [0.1, 0.15) is 38.3 Å². The van der Waals surface area contributed by atoms with Crippen molar-refractivity contribution >= 4 is 11.7 Å². The van der Waals surface area contributed by atoms with Gasteiger partial charge in [0.2, 0.25) is 5.95 Å². The minimum Gasteiger partial charge on any atom is -0.508 e. The minimum atomic E-state index is -0.525. The molecule has 1 aromatic heterocycles. The van der Waals surface area contributed by atoms with E-state index in [0.29, 0.717) is 47.2 Å². The summed E-state index contributed by atoms with van der Waals surface area (Å²) in [5.41, 5.74) is 2.81. The second-order valence-electron chi connectivity index (χ2n) is 9.22. The number of hydrogen-bond acceptors (Lipinski definition) is 7. The van der Waals surface area contributed by atoms with Gasteiger partial charge < -0.3 is 19.9 Å². The van der Waals surface area contributed by atoms with E-state index in [1.54, 1.807) is 37.1 Å². The molecule has 1 aliphatic heterocycles. The number of aromatic nitrogens is 3. The lowest BCUT2D eigenvalue weighted by Gasteiger charge is -2.38. The number of carbonyl (C=O) groups excluding carboxylic acids is 1. The van der Waals surface area contributed by atoms with Gasteiger partial charge in [-0.3, -0.25) is 4.79 Å². The summed E-state index contributed by atoms with van der Waals surface area (Å²) < 4.78 is 12.9. The number of fused-ring (bicyclic) bond motifs is 1. The van der Waals surface area contributed by atoms with Crippen LogP contribution in [0.5, 0.6) is 17.2 Å². The molecule has 2 aromatic carbocycles. The number of methoxy groups -OCH3 is 2. The number of ketones is 1. The van der Waals surface area contributed by atoms with E-state index in [-0.39, 0.29) is 16.9 Å². The maximum Gasteiger partial charge on any atom is 0.226 e. The standard InChI is InChI=1S/C25H26N4O4/c1-25(2)12-18-21(19(31)13-25)22(17-11-16(32-3)8-9-20(17)33-4)29-24(26-18)27-23(28-29)14-6-5-7-15(30)10-14/h5-11,22,30H,12-13H2,1-4H3,(H,26,27,28). The Bertz CT molecular complexity index is 1290. The summed E-state index contributed by atoms with van der Waals surface area (Å²) in [5.74, 6) is 2.48. The summed E-state index contributed by atoms with van der Waals surface area (Å²) in [6.45, 7) is 4.18. The normalized spacial score (nSPS) is 18.9. The van der Waals surface area contributed by atoms with Gasteiger partial charge in [-0.25, -0.2) is 4.68 Å². The third-order valence-electron chi connectivity index (χ3n) is 6.17. The average molecular weight is 447 g/mol. The van der Waals surface area contributed by atoms with Crippen LogP contribution < -0.4 is 14.8 Å². The van der Waals surface area contributed by atoms with Gasteiger partial charge in [0.25, 0.3) is 0 Å². The van der Waals surface area contributed by atoms with Crippen molar-refractivity contribution in [3.05, 3.63) is 59.3 Å². The smallest absolute Gasteiger partial charge is 0.226 e. The van der Waals surface area contributed by atoms with Crippen molar-refractivity contribution in [2.24, 2.45) is 5.41 Å². The molecule has 1 atom stereocenters. The Balaban J connectivity index is 1.73. The number of aromatic hydroxyl groups is 1. The molecule has 2 heterocycles. The molecule has 2 aliphatic rings. The summed E-state index contributed by atoms with van der Waals surface area (Å²) in [7, 11) is 3.21. The van der Waals surface area contributed by atoms with Crippen LogP contribution in [0.4, 0.5) is 5.95 Å². The van der Waals surface area contributed by atoms with E-state index in [9.17, 15) is 9.90 Å². The van der Waals surface area contributed by atoms with Crippen LogP contribution in [0.15, 0.2) is 53.7 Å². The summed E-state index contributed by atoms with van der Waals surface area (Å²) in [4.78, 5) is 18.2. The number of Topliss-reactive ketones (excluding diaryl/α,β-unsaturated/α-hetero) is 1. The number of allylic oxidation sites excluding steroid dienone is 2. The lowest BCUT2D eigenvalue weighted by molar-refractivity contribution is -0.118. The molecule has 0 spiro atoms. The van der Waals surface area contributed by atoms with Crippen LogP contribution in [-0.4, -0.2) is 39.9 Å². The van der Waals surface area contributed by atoms with Crippen LogP contribution in [0.2, 0.25) is 0 Å². The fourth-order valence-electron chi connectivity index (χ4n) is 4.72. The second-order valence-corrected chi connectivity index (χ2v) is 9.22. The quantitative estimate of drug-likeness (QED) is 0.616. The molecule has 3 aromatic rings. The zero-order valence-electron chi connectivity index (χ0n) is 19.0. The number of nitrogens with zero attached hydrogens (tertiary/aromatic N) is 3. The van der Waals surface area contributed by atoms with Gasteiger partial charge in [-0.15, -0.1) is 5.10 Å². The highest BCUT2D eigenvalue weighted by atomic mass is 16.5. The predicted molar refractivity (Wildman–Crippen MR) is 123 cm³/mol. The first-order valence-electron chi connectivity index (χ1n) is 10.8. The first-order valence-corrected chi connectivity index (χ1v) is 10.8. The molecule has 0 saturated carbocycles. The summed E-state index contributed by atoms with van der Waals surface area (Å²) in [6, 6.07) is 11.8. The minimum absolute atomic E-state index is 0.0729. The molecule has 2 N–H and O–H groups in total. The van der Waals surface area contributed by atoms with Gasteiger partial charge in [0, 0.05) is 28.8 Å². The van der Waals surface area contributed by atoms with E-state index in [2.05, 4.69) is 19.2 Å². The zero-order chi connectivity index (χ0) is 23.3. The monoisotopic (exact) mass is 446 g/mol. The number of rotatable bonds is 4. The van der Waals surface area contributed by atoms with Gasteiger partial charge in [0.15, 0.2) is 11.6 Å². The number of anilines is 1. The molecule has 0 radical (unpaired) electrons. The topological polar surface area (TPSA) is 98.5 Å². The van der Waals surface area contributed by atoms with Crippen molar-refractivity contribution in [1.29, 1.82) is 0 Å². The van der Waals surface area contributed by atoms with E-state index in [1.807, 2.05) is 24.3 Å². The van der Waals surface area contributed by atoms with Crippen LogP contribution in [-0.2, 0) is 4.79 Å². The highest BCUT2D eigenvalue weighted by Gasteiger charge is 2.43. The number of nitrogens with one attached hydrogen (secondary N) is 1. The molecular formula is C25H26N4O4. The van der Waals surface area contributed by atoms with Crippen molar-refractivity contribution in [2.75, 3.05) is 19.5 Å². The van der Waals surface area contributed by atoms with E-state index >= 15 is 0 Å². The van der Waals surface area contributed by atoms with Crippen molar-refractivity contribution in [3.8, 4) is 28.6 Å². The third kappa shape index (κ3) is 3.61. The molecule has 0 saturated heterocycles. The zero-order valence-corrected chi connectivity index (χ0v) is 19.0. The Morgan fingerprint density at radius 1 is 1.12 bits per heavy atom. The summed E-state index contributed by atoms with van der Waals surface area (Å²) in [6.07, 6.45) is 1.16. The van der Waals surface area contributed by atoms with E-state index in [0.717, 1.165) is 11.3 Å². The molecule has 5 rings (SSSR count). The third-order valence-corrected chi connectivity index (χ3v) is 6.17. The molecule has 8 heteroatoms.